The summed E-state index contributed by atoms with van der Waals surface area (Å²) in [5.41, 5.74) is 14.8. The zero-order chi connectivity index (χ0) is 56.6. The van der Waals surface area contributed by atoms with Gasteiger partial charge in [-0.3, -0.25) is 14.3 Å². The molecule has 20 nitrogen and oxygen atoms in total. The van der Waals surface area contributed by atoms with Crippen LogP contribution in [0.3, 0.4) is 0 Å². The number of nitrogen functional groups attached to an aromatic ring is 1. The number of aliphatic hydroxyl groups is 1. The average Bonchev–Trinajstić information content (AvgIpc) is 4.50. The molecule has 1 saturated carbocycles. The lowest BCUT2D eigenvalue weighted by molar-refractivity contribution is -0.141. The van der Waals surface area contributed by atoms with Crippen molar-refractivity contribution < 1.29 is 33.8 Å². The van der Waals surface area contributed by atoms with Crippen LogP contribution in [0.4, 0.5) is 17.3 Å². The second-order valence-corrected chi connectivity index (χ2v) is 24.5. The monoisotopic (exact) mass is 1130 g/mol. The van der Waals surface area contributed by atoms with Crippen LogP contribution in [-0.4, -0.2) is 150 Å². The van der Waals surface area contributed by atoms with E-state index < -0.39 is 18.1 Å². The predicted molar refractivity (Wildman–Crippen MR) is 314 cm³/mol. The van der Waals surface area contributed by atoms with Gasteiger partial charge in [0, 0.05) is 101 Å². The number of hydrogen-bond acceptors (Lipinski definition) is 18. The first-order chi connectivity index (χ1) is 39.8. The molecule has 12 rings (SSSR count). The number of carbonyl (C=O) groups excluding carboxylic acids is 2. The molecular formula is C61H75N13O7S. The average molecular weight is 1130 g/mol. The van der Waals surface area contributed by atoms with Crippen LogP contribution in [0.2, 0.25) is 0 Å². The Kier molecular flexibility index (Phi) is 16.2. The van der Waals surface area contributed by atoms with Crippen molar-refractivity contribution in [2.24, 2.45) is 11.8 Å². The molecule has 2 amide bonds. The maximum atomic E-state index is 14.4. The van der Waals surface area contributed by atoms with Crippen molar-refractivity contribution in [1.82, 2.24) is 50.2 Å². The number of nitrogens with one attached hydrogen (secondary N) is 1. The summed E-state index contributed by atoms with van der Waals surface area (Å²) >= 11 is 1.60. The number of likely N-dealkylation sites (tertiary alicyclic amines) is 2. The molecule has 82 heavy (non-hydrogen) atoms. The highest BCUT2D eigenvalue weighted by molar-refractivity contribution is 7.13. The highest BCUT2D eigenvalue weighted by atomic mass is 32.1. The number of piperidine rings is 3. The second-order valence-electron chi connectivity index (χ2n) is 23.6. The first-order valence-electron chi connectivity index (χ1n) is 29.3. The molecule has 1 unspecified atom stereocenters. The number of pyridine rings is 1. The maximum absolute atomic E-state index is 14.4. The number of aryl methyl sites for hydroxylation is 1. The van der Waals surface area contributed by atoms with E-state index in [2.05, 4.69) is 56.5 Å². The lowest BCUT2D eigenvalue weighted by Gasteiger charge is -2.41. The Labute approximate surface area is 482 Å². The molecule has 0 spiro atoms. The summed E-state index contributed by atoms with van der Waals surface area (Å²) in [6.45, 7) is 14.5. The molecule has 5 N–H and O–H groups in total. The Bertz CT molecular complexity index is 3340. The maximum Gasteiger partial charge on any atom is 0.243 e. The molecule has 5 fully saturated rings. The normalized spacial score (nSPS) is 22.2. The molecule has 0 radical (unpaired) electrons. The van der Waals surface area contributed by atoms with E-state index in [4.69, 9.17) is 19.7 Å². The highest BCUT2D eigenvalue weighted by Crippen LogP contribution is 2.38. The number of benzene rings is 2. The van der Waals surface area contributed by atoms with Crippen LogP contribution in [0.5, 0.6) is 11.6 Å². The summed E-state index contributed by atoms with van der Waals surface area (Å²) in [7, 11) is 0. The first kappa shape index (κ1) is 55.3. The standard InChI is InChI=1S/C61H75N13O7S/c1-36(2)56(61(78)73-34-44(75)28-51(73)60(77)65-37(3)40-9-11-41(12-10-40)58-38(4)64-35-82-58)53-32-54(69-81-53)72-23-14-39(15-24-72)33-70-21-18-45(19-22-70)79-46-29-47(30-46)80-55-27-43(13-20-63-55)71-25-16-42(17-26-71)74-50-31-49(48-7-5-6-8-52(48)76)66-67-57(50)59(62)68-74/h5-13,20,27,31-32,35-37,39,42,44-47,51,56,75-76H,14-19,21-26,28-30,33-34H2,1-4H3,(H2,62,68)(H,65,77)/t37-,44+,46?,47?,51-,56?/m0/s1. The molecule has 2 aromatic carbocycles. The van der Waals surface area contributed by atoms with Gasteiger partial charge < -0.3 is 54.9 Å². The summed E-state index contributed by atoms with van der Waals surface area (Å²) in [5, 5.41) is 42.3. The Morgan fingerprint density at radius 3 is 2.34 bits per heavy atom. The molecular weight excluding hydrogens is 1060 g/mol. The SMILES string of the molecule is Cc1ncsc1-c1ccc([C@H](C)NC(=O)[C@@H]2C[C@@H](O)CN2C(=O)C(c2cc(N3CCC(CN4CCC(OC5CC(Oc6cc(N7CCC(n8nc(N)c9nnc(-c%10ccccc%10O)cc98)CC7)ccn6)C5)CC4)CC3)no2)C(C)C)cc1. The molecule has 21 heteroatoms. The fourth-order valence-corrected chi connectivity index (χ4v) is 13.7. The van der Waals surface area contributed by atoms with Crippen LogP contribution < -0.4 is 25.6 Å². The van der Waals surface area contributed by atoms with E-state index in [0.717, 1.165) is 136 Å². The molecule has 432 valence electrons. The minimum absolute atomic E-state index is 0.0825. The third kappa shape index (κ3) is 11.9. The number of hydrogen-bond donors (Lipinski definition) is 4. The zero-order valence-electron chi connectivity index (χ0n) is 47.2. The van der Waals surface area contributed by atoms with Gasteiger partial charge in [0.25, 0.3) is 0 Å². The van der Waals surface area contributed by atoms with Crippen molar-refractivity contribution in [3.05, 3.63) is 102 Å². The van der Waals surface area contributed by atoms with Gasteiger partial charge in [-0.05, 0) is 99.6 Å². The van der Waals surface area contributed by atoms with Gasteiger partial charge in [0.15, 0.2) is 22.9 Å². The van der Waals surface area contributed by atoms with Crippen LogP contribution in [0.1, 0.15) is 114 Å². The van der Waals surface area contributed by atoms with Gasteiger partial charge in [0.1, 0.15) is 23.8 Å². The number of β-amino-alcohol motifs (C(OH)–C–C–N with tert-alkyl or cyclic N) is 1. The molecule has 9 heterocycles. The number of phenolic OH excluding ortho intramolecular Hbond substituents is 1. The number of anilines is 3. The van der Waals surface area contributed by atoms with Crippen molar-refractivity contribution >= 4 is 51.5 Å². The van der Waals surface area contributed by atoms with Gasteiger partial charge in [-0.25, -0.2) is 9.97 Å². The third-order valence-electron chi connectivity index (χ3n) is 17.7. The number of aromatic hydroxyl groups is 1. The molecule has 5 aliphatic rings. The number of nitrogens with two attached hydrogens (primary N) is 1. The summed E-state index contributed by atoms with van der Waals surface area (Å²) in [6, 6.07) is 22.2. The Hall–Kier alpha value is -7.20. The number of thiazole rings is 1. The second kappa shape index (κ2) is 23.9. The van der Waals surface area contributed by atoms with Crippen molar-refractivity contribution in [3.8, 4) is 33.3 Å². The minimum Gasteiger partial charge on any atom is -0.507 e. The van der Waals surface area contributed by atoms with E-state index in [1.54, 1.807) is 23.5 Å². The molecule has 4 saturated heterocycles. The van der Waals surface area contributed by atoms with Crippen molar-refractivity contribution in [1.29, 1.82) is 0 Å². The van der Waals surface area contributed by atoms with Crippen LogP contribution in [0, 0.1) is 18.8 Å². The van der Waals surface area contributed by atoms with E-state index in [0.29, 0.717) is 40.2 Å². The fraction of sp³-hybridized carbons (Fsp3) is 0.508. The largest absolute Gasteiger partial charge is 0.507 e. The van der Waals surface area contributed by atoms with E-state index in [-0.39, 0.29) is 66.8 Å². The summed E-state index contributed by atoms with van der Waals surface area (Å²) < 4.78 is 21.0. The number of aromatic nitrogens is 7. The number of aliphatic hydroxyl groups excluding tert-OH is 1. The fourth-order valence-electron chi connectivity index (χ4n) is 12.9. The number of para-hydroxylation sites is 1. The van der Waals surface area contributed by atoms with Gasteiger partial charge in [0.05, 0.1) is 57.7 Å². The number of carbonyl (C=O) groups is 2. The number of amides is 2. The molecule has 5 aromatic heterocycles. The number of phenols is 1. The molecule has 4 aliphatic heterocycles. The highest BCUT2D eigenvalue weighted by Gasteiger charge is 2.44. The quantitative estimate of drug-likeness (QED) is 0.0670. The number of fused-ring (bicyclic) bond motifs is 1. The van der Waals surface area contributed by atoms with E-state index in [9.17, 15) is 19.8 Å². The van der Waals surface area contributed by atoms with Crippen LogP contribution >= 0.6 is 11.3 Å². The van der Waals surface area contributed by atoms with E-state index in [1.807, 2.05) is 98.7 Å². The zero-order valence-corrected chi connectivity index (χ0v) is 48.0. The van der Waals surface area contributed by atoms with Gasteiger partial charge >= 0.3 is 0 Å². The smallest absolute Gasteiger partial charge is 0.243 e. The van der Waals surface area contributed by atoms with Gasteiger partial charge in [-0.15, -0.1) is 21.5 Å². The Morgan fingerprint density at radius 1 is 0.854 bits per heavy atom. The summed E-state index contributed by atoms with van der Waals surface area (Å²) in [5.74, 6) is 1.63. The van der Waals surface area contributed by atoms with Crippen LogP contribution in [0.25, 0.3) is 32.7 Å². The Balaban J connectivity index is 0.557. The van der Waals surface area contributed by atoms with Gasteiger partial charge in [-0.2, -0.15) is 5.10 Å². The van der Waals surface area contributed by atoms with E-state index in [1.165, 1.54) is 4.90 Å². The molecule has 0 bridgehead atoms. The summed E-state index contributed by atoms with van der Waals surface area (Å²) in [6.07, 6.45) is 9.35. The lowest BCUT2D eigenvalue weighted by Crippen LogP contribution is -2.48. The number of rotatable bonds is 17. The van der Waals surface area contributed by atoms with Crippen LogP contribution in [-0.2, 0) is 14.3 Å². The summed E-state index contributed by atoms with van der Waals surface area (Å²) in [4.78, 5) is 47.1. The minimum atomic E-state index is -0.804. The van der Waals surface area contributed by atoms with Crippen molar-refractivity contribution in [3.63, 3.8) is 0 Å². The van der Waals surface area contributed by atoms with Crippen molar-refractivity contribution in [2.45, 2.75) is 134 Å². The van der Waals surface area contributed by atoms with Crippen LogP contribution in [0.15, 0.2) is 89.0 Å². The third-order valence-corrected chi connectivity index (χ3v) is 18.6. The topological polar surface area (TPSA) is 239 Å². The molecule has 4 atom stereocenters. The number of ether oxygens (including phenoxy) is 2. The molecule has 7 aromatic rings. The van der Waals surface area contributed by atoms with E-state index >= 15 is 0 Å². The molecule has 1 aliphatic carbocycles. The van der Waals surface area contributed by atoms with Gasteiger partial charge in [-0.1, -0.05) is 55.4 Å². The van der Waals surface area contributed by atoms with Gasteiger partial charge in [0.2, 0.25) is 17.7 Å². The van der Waals surface area contributed by atoms with Crippen molar-refractivity contribution in [2.75, 3.05) is 67.9 Å². The Morgan fingerprint density at radius 2 is 1.61 bits per heavy atom. The number of nitrogens with zero attached hydrogens (tertiary/aromatic N) is 11. The predicted octanol–water partition coefficient (Wildman–Crippen LogP) is 8.32. The first-order valence-corrected chi connectivity index (χ1v) is 30.2. The lowest BCUT2D eigenvalue weighted by atomic mass is 9.91.